The molecule has 0 heterocycles. The average Bonchev–Trinajstić information content (AvgIpc) is 2.38. The van der Waals surface area contributed by atoms with Crippen molar-refractivity contribution in [2.75, 3.05) is 13.7 Å². The Morgan fingerprint density at radius 3 is 2.28 bits per heavy atom. The van der Waals surface area contributed by atoms with Crippen LogP contribution >= 0.6 is 0 Å². The van der Waals surface area contributed by atoms with Crippen LogP contribution in [-0.2, 0) is 15.9 Å². The van der Waals surface area contributed by atoms with E-state index in [-0.39, 0.29) is 18.2 Å². The van der Waals surface area contributed by atoms with Gasteiger partial charge in [-0.3, -0.25) is 0 Å². The Morgan fingerprint density at radius 1 is 1.17 bits per heavy atom. The molecule has 0 aromatic heterocycles. The highest BCUT2D eigenvalue weighted by molar-refractivity contribution is 5.25. The van der Waals surface area contributed by atoms with E-state index in [1.165, 1.54) is 5.56 Å². The first kappa shape index (κ1) is 15.2. The van der Waals surface area contributed by atoms with E-state index in [2.05, 4.69) is 31.2 Å². The lowest BCUT2D eigenvalue weighted by Crippen LogP contribution is -2.31. The second-order valence-corrected chi connectivity index (χ2v) is 4.73. The summed E-state index contributed by atoms with van der Waals surface area (Å²) in [4.78, 5) is 0. The van der Waals surface area contributed by atoms with Crippen LogP contribution in [0.25, 0.3) is 0 Å². The lowest BCUT2D eigenvalue weighted by atomic mass is 10.0. The van der Waals surface area contributed by atoms with Crippen LogP contribution in [0.2, 0.25) is 0 Å². The van der Waals surface area contributed by atoms with Crippen LogP contribution in [0.3, 0.4) is 0 Å². The molecule has 3 heteroatoms. The van der Waals surface area contributed by atoms with Gasteiger partial charge in [0.05, 0.1) is 24.9 Å². The zero-order valence-electron chi connectivity index (χ0n) is 11.8. The van der Waals surface area contributed by atoms with Crippen LogP contribution < -0.4 is 5.73 Å². The van der Waals surface area contributed by atoms with E-state index in [9.17, 15) is 0 Å². The third-order valence-electron chi connectivity index (χ3n) is 3.13. The Kier molecular flexibility index (Phi) is 6.33. The molecule has 1 aromatic carbocycles. The van der Waals surface area contributed by atoms with E-state index < -0.39 is 0 Å². The van der Waals surface area contributed by atoms with Gasteiger partial charge in [-0.1, -0.05) is 31.2 Å². The Hall–Kier alpha value is -0.900. The fourth-order valence-electron chi connectivity index (χ4n) is 1.97. The number of nitrogens with two attached hydrogens (primary N) is 1. The summed E-state index contributed by atoms with van der Waals surface area (Å²) in [5, 5.41) is 0. The predicted octanol–water partition coefficient (Wildman–Crippen LogP) is 2.69. The van der Waals surface area contributed by atoms with Gasteiger partial charge < -0.3 is 15.2 Å². The van der Waals surface area contributed by atoms with Crippen molar-refractivity contribution in [2.45, 2.75) is 45.4 Å². The highest BCUT2D eigenvalue weighted by Crippen LogP contribution is 2.18. The summed E-state index contributed by atoms with van der Waals surface area (Å²) in [5.41, 5.74) is 8.65. The van der Waals surface area contributed by atoms with Gasteiger partial charge >= 0.3 is 0 Å². The first-order valence-corrected chi connectivity index (χ1v) is 6.57. The molecule has 18 heavy (non-hydrogen) atoms. The lowest BCUT2D eigenvalue weighted by molar-refractivity contribution is -0.0407. The number of ether oxygens (including phenoxy) is 2. The van der Waals surface area contributed by atoms with Crippen LogP contribution in [-0.4, -0.2) is 25.9 Å². The van der Waals surface area contributed by atoms with Crippen LogP contribution in [0.5, 0.6) is 0 Å². The number of hydrogen-bond acceptors (Lipinski definition) is 3. The molecule has 0 bridgehead atoms. The maximum Gasteiger partial charge on any atom is 0.0784 e. The molecule has 0 saturated carbocycles. The lowest BCUT2D eigenvalue weighted by Gasteiger charge is -2.24. The second kappa shape index (κ2) is 7.52. The number of hydrogen-bond donors (Lipinski definition) is 1. The fourth-order valence-corrected chi connectivity index (χ4v) is 1.97. The molecule has 3 atom stereocenters. The summed E-state index contributed by atoms with van der Waals surface area (Å²) < 4.78 is 10.9. The maximum absolute atomic E-state index is 6.21. The molecule has 2 N–H and O–H groups in total. The maximum atomic E-state index is 6.21. The van der Waals surface area contributed by atoms with Crippen molar-refractivity contribution in [1.82, 2.24) is 0 Å². The topological polar surface area (TPSA) is 44.5 Å². The van der Waals surface area contributed by atoms with Crippen molar-refractivity contribution in [1.29, 1.82) is 0 Å². The minimum absolute atomic E-state index is 0.0253. The van der Waals surface area contributed by atoms with Crippen molar-refractivity contribution in [3.05, 3.63) is 35.4 Å². The molecule has 3 unspecified atom stereocenters. The first-order chi connectivity index (χ1) is 8.58. The van der Waals surface area contributed by atoms with E-state index in [0.29, 0.717) is 6.61 Å². The molecule has 102 valence electrons. The summed E-state index contributed by atoms with van der Waals surface area (Å²) in [6, 6.07) is 8.32. The molecule has 0 aliphatic carbocycles. The molecule has 3 nitrogen and oxygen atoms in total. The normalized spacial score (nSPS) is 16.3. The third kappa shape index (κ3) is 4.41. The quantitative estimate of drug-likeness (QED) is 0.810. The molecule has 0 amide bonds. The molecular weight excluding hydrogens is 226 g/mol. The van der Waals surface area contributed by atoms with Crippen LogP contribution in [0.1, 0.15) is 37.9 Å². The highest BCUT2D eigenvalue weighted by Gasteiger charge is 2.17. The molecule has 0 fully saturated rings. The highest BCUT2D eigenvalue weighted by atomic mass is 16.5. The van der Waals surface area contributed by atoms with Gasteiger partial charge in [-0.15, -0.1) is 0 Å². The van der Waals surface area contributed by atoms with Gasteiger partial charge in [0, 0.05) is 7.11 Å². The molecule has 0 aliphatic rings. The van der Waals surface area contributed by atoms with Gasteiger partial charge in [0.25, 0.3) is 0 Å². The van der Waals surface area contributed by atoms with E-state index in [4.69, 9.17) is 15.2 Å². The summed E-state index contributed by atoms with van der Waals surface area (Å²) in [5.74, 6) is 0. The Bertz CT molecular complexity index is 337. The van der Waals surface area contributed by atoms with Crippen molar-refractivity contribution in [3.63, 3.8) is 0 Å². The summed E-state index contributed by atoms with van der Waals surface area (Å²) >= 11 is 0. The monoisotopic (exact) mass is 251 g/mol. The fraction of sp³-hybridized carbons (Fsp3) is 0.600. The molecular formula is C15H25NO2. The van der Waals surface area contributed by atoms with Gasteiger partial charge in [-0.05, 0) is 31.4 Å². The number of rotatable bonds is 7. The number of benzene rings is 1. The summed E-state index contributed by atoms with van der Waals surface area (Å²) in [6.45, 7) is 6.73. The molecule has 0 radical (unpaired) electrons. The van der Waals surface area contributed by atoms with E-state index in [0.717, 1.165) is 12.0 Å². The van der Waals surface area contributed by atoms with Crippen LogP contribution in [0, 0.1) is 0 Å². The first-order valence-electron chi connectivity index (χ1n) is 6.57. The zero-order chi connectivity index (χ0) is 13.5. The van der Waals surface area contributed by atoms with Crippen LogP contribution in [0.4, 0.5) is 0 Å². The average molecular weight is 251 g/mol. The van der Waals surface area contributed by atoms with Gasteiger partial charge in [0.2, 0.25) is 0 Å². The summed E-state index contributed by atoms with van der Waals surface area (Å²) in [6.07, 6.45) is 1.08. The molecule has 0 saturated heterocycles. The largest absolute Gasteiger partial charge is 0.382 e. The van der Waals surface area contributed by atoms with Crippen molar-refractivity contribution >= 4 is 0 Å². The number of methoxy groups -OCH3 is 1. The SMILES string of the molecule is CCc1ccc(C(N)C(C)OC(C)COC)cc1. The van der Waals surface area contributed by atoms with E-state index in [1.54, 1.807) is 7.11 Å². The van der Waals surface area contributed by atoms with Gasteiger partial charge in [-0.2, -0.15) is 0 Å². The van der Waals surface area contributed by atoms with Gasteiger partial charge in [-0.25, -0.2) is 0 Å². The van der Waals surface area contributed by atoms with E-state index >= 15 is 0 Å². The Morgan fingerprint density at radius 2 is 1.78 bits per heavy atom. The van der Waals surface area contributed by atoms with Crippen molar-refractivity contribution in [2.24, 2.45) is 5.73 Å². The number of aryl methyl sites for hydroxylation is 1. The van der Waals surface area contributed by atoms with Crippen molar-refractivity contribution in [3.8, 4) is 0 Å². The molecule has 0 spiro atoms. The molecule has 0 aliphatic heterocycles. The molecule has 1 aromatic rings. The Labute approximate surface area is 110 Å². The minimum Gasteiger partial charge on any atom is -0.382 e. The van der Waals surface area contributed by atoms with Gasteiger partial charge in [0.15, 0.2) is 0 Å². The minimum atomic E-state index is -0.102. The van der Waals surface area contributed by atoms with Gasteiger partial charge in [0.1, 0.15) is 0 Å². The smallest absolute Gasteiger partial charge is 0.0784 e. The van der Waals surface area contributed by atoms with E-state index in [1.807, 2.05) is 13.8 Å². The summed E-state index contributed by atoms with van der Waals surface area (Å²) in [7, 11) is 1.67. The molecule has 1 rings (SSSR count). The predicted molar refractivity (Wildman–Crippen MR) is 74.6 cm³/mol. The zero-order valence-corrected chi connectivity index (χ0v) is 11.8. The third-order valence-corrected chi connectivity index (χ3v) is 3.13. The standard InChI is InChI=1S/C15H25NO2/c1-5-13-6-8-14(9-7-13)15(16)12(3)18-11(2)10-17-4/h6-9,11-12,15H,5,10,16H2,1-4H3. The van der Waals surface area contributed by atoms with Crippen LogP contribution in [0.15, 0.2) is 24.3 Å². The second-order valence-electron chi connectivity index (χ2n) is 4.73. The Balaban J connectivity index is 2.58. The van der Waals surface area contributed by atoms with Crippen molar-refractivity contribution < 1.29 is 9.47 Å².